The Kier molecular flexibility index (Phi) is 10.1. The van der Waals surface area contributed by atoms with Gasteiger partial charge in [0, 0.05) is 37.8 Å². The van der Waals surface area contributed by atoms with Gasteiger partial charge in [-0.2, -0.15) is 9.94 Å². The van der Waals surface area contributed by atoms with Crippen molar-refractivity contribution in [3.8, 4) is 11.8 Å². The Labute approximate surface area is 293 Å². The minimum atomic E-state index is -0.742. The largest absolute Gasteiger partial charge is 0.392 e. The molecule has 1 aromatic heterocycles. The molecule has 0 radical (unpaired) electrons. The number of rotatable bonds is 10. The minimum Gasteiger partial charge on any atom is -0.392 e. The number of fused-ring (bicyclic) bond motifs is 2. The lowest BCUT2D eigenvalue weighted by atomic mass is 9.55. The second-order valence-electron chi connectivity index (χ2n) is 14.1. The molecule has 6 rings (SSSR count). The molecule has 1 saturated carbocycles. The first-order valence-electron chi connectivity index (χ1n) is 17.7. The van der Waals surface area contributed by atoms with Gasteiger partial charge in [-0.15, -0.1) is 5.10 Å². The van der Waals surface area contributed by atoms with E-state index >= 15 is 0 Å². The van der Waals surface area contributed by atoms with Gasteiger partial charge in [-0.1, -0.05) is 37.3 Å². The number of benzene rings is 2. The SMILES string of the molecule is C=C(NC)C1CC2CCc3cc(C(=O)NC)ccc3C(CCNCC(=O)N3CCC=C3C#N)(c3nn(-c4ccc(C)cc4)c(=O)[nH]3)C2C[C@H]1C. The molecule has 0 bridgehead atoms. The summed E-state index contributed by atoms with van der Waals surface area (Å²) in [7, 11) is 3.57. The first-order chi connectivity index (χ1) is 24.1. The number of nitrogens with zero attached hydrogens (tertiary/aromatic N) is 4. The predicted molar refractivity (Wildman–Crippen MR) is 192 cm³/mol. The smallest absolute Gasteiger partial charge is 0.348 e. The van der Waals surface area contributed by atoms with Gasteiger partial charge in [-0.25, -0.2) is 4.79 Å². The fraction of sp³-hybridized carbons (Fsp3) is 0.462. The number of carbonyl (C=O) groups excluding carboxylic acids is 2. The summed E-state index contributed by atoms with van der Waals surface area (Å²) in [6, 6.07) is 15.8. The number of allylic oxidation sites excluding steroid dienone is 2. The highest BCUT2D eigenvalue weighted by Crippen LogP contribution is 2.56. The lowest BCUT2D eigenvalue weighted by Crippen LogP contribution is -2.48. The molecule has 3 aromatic rings. The Bertz CT molecular complexity index is 1900. The predicted octanol–water partition coefficient (Wildman–Crippen LogP) is 4.09. The summed E-state index contributed by atoms with van der Waals surface area (Å²) >= 11 is 0. The van der Waals surface area contributed by atoms with Crippen molar-refractivity contribution in [1.29, 1.82) is 5.26 Å². The van der Waals surface area contributed by atoms with E-state index in [0.717, 1.165) is 48.1 Å². The van der Waals surface area contributed by atoms with Gasteiger partial charge in [0.05, 0.1) is 17.6 Å². The van der Waals surface area contributed by atoms with Gasteiger partial charge in [0.25, 0.3) is 5.91 Å². The van der Waals surface area contributed by atoms with Gasteiger partial charge in [-0.3, -0.25) is 14.6 Å². The van der Waals surface area contributed by atoms with Crippen molar-refractivity contribution >= 4 is 11.8 Å². The number of nitriles is 1. The van der Waals surface area contributed by atoms with Crippen molar-refractivity contribution in [2.45, 2.75) is 57.8 Å². The van der Waals surface area contributed by atoms with Crippen LogP contribution in [-0.4, -0.2) is 65.2 Å². The van der Waals surface area contributed by atoms with Crippen LogP contribution in [0.3, 0.4) is 0 Å². The molecular weight excluding hydrogens is 628 g/mol. The molecule has 2 heterocycles. The van der Waals surface area contributed by atoms with E-state index in [1.54, 1.807) is 18.0 Å². The Morgan fingerprint density at radius 3 is 2.64 bits per heavy atom. The highest BCUT2D eigenvalue weighted by atomic mass is 16.2. The quantitative estimate of drug-likeness (QED) is 0.237. The number of H-pyrrole nitrogens is 1. The Morgan fingerprint density at radius 1 is 1.14 bits per heavy atom. The van der Waals surface area contributed by atoms with Crippen LogP contribution in [0.15, 0.2) is 71.3 Å². The maximum Gasteiger partial charge on any atom is 0.348 e. The zero-order valence-electron chi connectivity index (χ0n) is 29.5. The summed E-state index contributed by atoms with van der Waals surface area (Å²) in [6.45, 7) is 9.72. The van der Waals surface area contributed by atoms with Crippen LogP contribution in [0.25, 0.3) is 5.69 Å². The van der Waals surface area contributed by atoms with Crippen molar-refractivity contribution in [2.24, 2.45) is 23.7 Å². The molecule has 0 spiro atoms. The van der Waals surface area contributed by atoms with Crippen LogP contribution in [0.5, 0.6) is 0 Å². The maximum atomic E-state index is 13.8. The number of aryl methyl sites for hydroxylation is 2. The highest BCUT2D eigenvalue weighted by molar-refractivity contribution is 5.94. The second-order valence-corrected chi connectivity index (χ2v) is 14.1. The molecule has 3 aliphatic rings. The zero-order chi connectivity index (χ0) is 35.6. The third kappa shape index (κ3) is 6.40. The van der Waals surface area contributed by atoms with E-state index in [9.17, 15) is 19.6 Å². The average molecular weight is 677 g/mol. The normalized spacial score (nSPS) is 24.3. The van der Waals surface area contributed by atoms with Crippen LogP contribution in [-0.2, 0) is 16.6 Å². The highest BCUT2D eigenvalue weighted by Gasteiger charge is 2.53. The molecule has 2 aliphatic carbocycles. The molecule has 11 heteroatoms. The Hall–Kier alpha value is -4.95. The maximum absolute atomic E-state index is 13.8. The topological polar surface area (TPSA) is 148 Å². The van der Waals surface area contributed by atoms with E-state index in [2.05, 4.69) is 46.6 Å². The third-order valence-corrected chi connectivity index (χ3v) is 11.4. The standard InChI is InChI=1S/C39H48N8O3/c1-24-8-13-30(14-9-24)47-38(50)44-37(45-47)39(16-17-43-23-35(48)46-18-6-7-31(46)22-40)33-15-12-29(36(49)42-5)20-27(33)10-11-28-21-32(26(3)41-4)25(2)19-34(28)39/h7-9,12-15,20,25,28,32,34,41,43H,3,6,10-11,16-19,21,23H2,1-2,4-5H3,(H,42,49)(H,44,45,50)/t25-,28?,32?,34?,39?/m1/s1. The summed E-state index contributed by atoms with van der Waals surface area (Å²) in [5.74, 6) is 1.29. The van der Waals surface area contributed by atoms with E-state index in [0.29, 0.717) is 60.5 Å². The van der Waals surface area contributed by atoms with Crippen LogP contribution in [0.4, 0.5) is 0 Å². The van der Waals surface area contributed by atoms with Crippen molar-refractivity contribution < 1.29 is 9.59 Å². The van der Waals surface area contributed by atoms with E-state index < -0.39 is 5.41 Å². The summed E-state index contributed by atoms with van der Waals surface area (Å²) in [5, 5.41) is 24.1. The van der Waals surface area contributed by atoms with Crippen LogP contribution < -0.4 is 21.6 Å². The number of hydrogen-bond acceptors (Lipinski definition) is 7. The summed E-state index contributed by atoms with van der Waals surface area (Å²) in [4.78, 5) is 44.6. The molecule has 50 heavy (non-hydrogen) atoms. The molecule has 2 aromatic carbocycles. The molecule has 1 aliphatic heterocycles. The van der Waals surface area contributed by atoms with Crippen LogP contribution in [0.1, 0.15) is 71.9 Å². The summed E-state index contributed by atoms with van der Waals surface area (Å²) in [5.41, 5.74) is 4.86. The molecule has 2 amide bonds. The number of nitrogens with one attached hydrogen (secondary N) is 4. The fourth-order valence-electron chi connectivity index (χ4n) is 8.77. The van der Waals surface area contributed by atoms with Gasteiger partial charge in [0.1, 0.15) is 17.6 Å². The second kappa shape index (κ2) is 14.5. The first-order valence-corrected chi connectivity index (χ1v) is 17.7. The van der Waals surface area contributed by atoms with E-state index in [-0.39, 0.29) is 35.9 Å². The van der Waals surface area contributed by atoms with E-state index in [4.69, 9.17) is 5.10 Å². The number of amides is 2. The lowest BCUT2D eigenvalue weighted by molar-refractivity contribution is -0.127. The molecule has 4 unspecified atom stereocenters. The van der Waals surface area contributed by atoms with Crippen molar-refractivity contribution in [3.63, 3.8) is 0 Å². The van der Waals surface area contributed by atoms with Crippen molar-refractivity contribution in [1.82, 2.24) is 35.6 Å². The van der Waals surface area contributed by atoms with Gasteiger partial charge in [0.15, 0.2) is 0 Å². The number of hydrogen-bond donors (Lipinski definition) is 4. The van der Waals surface area contributed by atoms with Crippen LogP contribution in [0, 0.1) is 41.9 Å². The van der Waals surface area contributed by atoms with Crippen molar-refractivity contribution in [2.75, 3.05) is 33.7 Å². The first kappa shape index (κ1) is 34.9. The Balaban J connectivity index is 1.47. The van der Waals surface area contributed by atoms with Crippen LogP contribution >= 0.6 is 0 Å². The molecule has 4 N–H and O–H groups in total. The molecule has 1 fully saturated rings. The van der Waals surface area contributed by atoms with Gasteiger partial charge in [-0.05, 0) is 111 Å². The summed E-state index contributed by atoms with van der Waals surface area (Å²) < 4.78 is 1.45. The molecule has 0 saturated heterocycles. The zero-order valence-corrected chi connectivity index (χ0v) is 29.5. The monoisotopic (exact) mass is 676 g/mol. The number of carbonyl (C=O) groups is 2. The third-order valence-electron chi connectivity index (χ3n) is 11.4. The molecule has 5 atom stereocenters. The van der Waals surface area contributed by atoms with Gasteiger partial charge in [0.2, 0.25) is 5.91 Å². The van der Waals surface area contributed by atoms with Gasteiger partial charge >= 0.3 is 5.69 Å². The molecule has 11 nitrogen and oxygen atoms in total. The van der Waals surface area contributed by atoms with E-state index in [1.807, 2.05) is 50.4 Å². The van der Waals surface area contributed by atoms with E-state index in [1.165, 1.54) is 4.68 Å². The Morgan fingerprint density at radius 2 is 1.92 bits per heavy atom. The van der Waals surface area contributed by atoms with Gasteiger partial charge < -0.3 is 20.9 Å². The summed E-state index contributed by atoms with van der Waals surface area (Å²) in [6.07, 6.45) is 6.55. The van der Waals surface area contributed by atoms with Crippen LogP contribution in [0.2, 0.25) is 0 Å². The molecule has 262 valence electrons. The number of aromatic nitrogens is 3. The fourth-order valence-corrected chi connectivity index (χ4v) is 8.77. The number of aromatic amines is 1. The lowest BCUT2D eigenvalue weighted by Gasteiger charge is -2.49. The minimum absolute atomic E-state index is 0.0838. The molecular formula is C39H48N8O3. The average Bonchev–Trinajstić information content (AvgIpc) is 3.75. The van der Waals surface area contributed by atoms with Crippen molar-refractivity contribution in [3.05, 3.63) is 105 Å².